The first-order chi connectivity index (χ1) is 7.16. The first kappa shape index (κ1) is 10.3. The number of furan rings is 1. The predicted octanol–water partition coefficient (Wildman–Crippen LogP) is 0.842. The first-order valence-corrected chi connectivity index (χ1v) is 5.10. The lowest BCUT2D eigenvalue weighted by Crippen LogP contribution is -2.03. The molecule has 1 atom stereocenters. The zero-order valence-corrected chi connectivity index (χ0v) is 9.55. The number of rotatable bonds is 3. The van der Waals surface area contributed by atoms with Crippen LogP contribution in [0, 0.1) is 0 Å². The number of hydrogen-bond acceptors (Lipinski definition) is 5. The van der Waals surface area contributed by atoms with Crippen LogP contribution in [0.3, 0.4) is 0 Å². The second-order valence-corrected chi connectivity index (χ2v) is 3.90. The third kappa shape index (κ3) is 2.24. The van der Waals surface area contributed by atoms with Crippen LogP contribution in [0.25, 0.3) is 0 Å². The van der Waals surface area contributed by atoms with Gasteiger partial charge in [-0.2, -0.15) is 4.80 Å². The van der Waals surface area contributed by atoms with Gasteiger partial charge in [-0.15, -0.1) is 10.2 Å². The molecule has 0 aliphatic heterocycles. The van der Waals surface area contributed by atoms with Crippen LogP contribution in [0.15, 0.2) is 21.2 Å². The van der Waals surface area contributed by atoms with Gasteiger partial charge in [0.25, 0.3) is 0 Å². The molecule has 0 saturated carbocycles. The number of tetrazole rings is 1. The van der Waals surface area contributed by atoms with E-state index in [-0.39, 0.29) is 6.42 Å². The van der Waals surface area contributed by atoms with Crippen molar-refractivity contribution >= 4 is 15.9 Å². The highest BCUT2D eigenvalue weighted by Gasteiger charge is 2.17. The summed E-state index contributed by atoms with van der Waals surface area (Å²) in [5.74, 6) is 0.954. The highest BCUT2D eigenvalue weighted by molar-refractivity contribution is 9.10. The van der Waals surface area contributed by atoms with E-state index in [4.69, 9.17) is 4.42 Å². The van der Waals surface area contributed by atoms with Crippen molar-refractivity contribution in [3.63, 3.8) is 0 Å². The Labute approximate surface area is 94.0 Å². The minimum Gasteiger partial charge on any atom is -0.465 e. The minimum absolute atomic E-state index is 0.278. The van der Waals surface area contributed by atoms with Gasteiger partial charge in [0.2, 0.25) is 0 Å². The van der Waals surface area contributed by atoms with Gasteiger partial charge in [0.15, 0.2) is 5.82 Å². The van der Waals surface area contributed by atoms with Crippen molar-refractivity contribution in [1.29, 1.82) is 0 Å². The number of halogens is 1. The number of hydrogen-bond donors (Lipinski definition) is 1. The molecule has 0 amide bonds. The fourth-order valence-corrected chi connectivity index (χ4v) is 1.68. The average molecular weight is 273 g/mol. The third-order valence-electron chi connectivity index (χ3n) is 1.87. The molecule has 0 spiro atoms. The van der Waals surface area contributed by atoms with Crippen molar-refractivity contribution < 1.29 is 9.52 Å². The summed E-state index contributed by atoms with van der Waals surface area (Å²) in [7, 11) is 1.67. The summed E-state index contributed by atoms with van der Waals surface area (Å²) in [5, 5.41) is 21.2. The summed E-state index contributed by atoms with van der Waals surface area (Å²) in [6.07, 6.45) is 1.02. The van der Waals surface area contributed by atoms with E-state index in [9.17, 15) is 5.11 Å². The lowest BCUT2D eigenvalue weighted by atomic mass is 10.2. The van der Waals surface area contributed by atoms with E-state index in [1.807, 2.05) is 0 Å². The molecule has 15 heavy (non-hydrogen) atoms. The van der Waals surface area contributed by atoms with Crippen LogP contribution in [0.1, 0.15) is 17.7 Å². The zero-order valence-electron chi connectivity index (χ0n) is 7.96. The predicted molar refractivity (Wildman–Crippen MR) is 53.9 cm³/mol. The maximum atomic E-state index is 9.81. The van der Waals surface area contributed by atoms with Crippen LogP contribution in [-0.2, 0) is 13.5 Å². The number of aromatic nitrogens is 4. The number of aliphatic hydroxyl groups is 1. The Bertz CT molecular complexity index is 453. The molecule has 6 nitrogen and oxygen atoms in total. The van der Waals surface area contributed by atoms with Gasteiger partial charge < -0.3 is 9.52 Å². The van der Waals surface area contributed by atoms with Crippen LogP contribution in [0.4, 0.5) is 0 Å². The van der Waals surface area contributed by atoms with E-state index in [0.717, 1.165) is 4.47 Å². The van der Waals surface area contributed by atoms with Crippen LogP contribution < -0.4 is 0 Å². The summed E-state index contributed by atoms with van der Waals surface area (Å²) in [4.78, 5) is 1.35. The third-order valence-corrected chi connectivity index (χ3v) is 2.53. The largest absolute Gasteiger partial charge is 0.465 e. The van der Waals surface area contributed by atoms with Crippen LogP contribution in [-0.4, -0.2) is 25.3 Å². The summed E-state index contributed by atoms with van der Waals surface area (Å²) in [6, 6.07) is 1.72. The second kappa shape index (κ2) is 4.11. The Balaban J connectivity index is 2.10. The monoisotopic (exact) mass is 272 g/mol. The molecule has 2 aromatic heterocycles. The molecule has 7 heteroatoms. The van der Waals surface area contributed by atoms with Crippen molar-refractivity contribution in [2.45, 2.75) is 12.5 Å². The molecule has 0 bridgehead atoms. The Morgan fingerprint density at radius 1 is 1.67 bits per heavy atom. The van der Waals surface area contributed by atoms with Crippen LogP contribution in [0.5, 0.6) is 0 Å². The molecule has 1 N–H and O–H groups in total. The van der Waals surface area contributed by atoms with Crippen molar-refractivity contribution in [2.24, 2.45) is 7.05 Å². The van der Waals surface area contributed by atoms with Crippen molar-refractivity contribution in [1.82, 2.24) is 20.2 Å². The maximum Gasteiger partial charge on any atom is 0.177 e. The molecule has 2 aromatic rings. The molecule has 0 aromatic carbocycles. The number of nitrogens with zero attached hydrogens (tertiary/aromatic N) is 4. The molecule has 80 valence electrons. The molecular formula is C8H9BrN4O2. The topological polar surface area (TPSA) is 77.0 Å². The summed E-state index contributed by atoms with van der Waals surface area (Å²) in [5.41, 5.74) is 0. The highest BCUT2D eigenvalue weighted by atomic mass is 79.9. The molecular weight excluding hydrogens is 264 g/mol. The summed E-state index contributed by atoms with van der Waals surface area (Å²) >= 11 is 3.27. The maximum absolute atomic E-state index is 9.81. The molecule has 0 saturated heterocycles. The molecule has 0 aliphatic rings. The molecule has 0 radical (unpaired) electrons. The quantitative estimate of drug-likeness (QED) is 0.896. The molecule has 1 unspecified atom stereocenters. The number of aryl methyl sites for hydroxylation is 1. The smallest absolute Gasteiger partial charge is 0.177 e. The van der Waals surface area contributed by atoms with E-state index in [2.05, 4.69) is 31.3 Å². The van der Waals surface area contributed by atoms with Crippen molar-refractivity contribution in [3.05, 3.63) is 28.4 Å². The zero-order chi connectivity index (χ0) is 10.8. The van der Waals surface area contributed by atoms with Gasteiger partial charge in [0.1, 0.15) is 11.9 Å². The van der Waals surface area contributed by atoms with E-state index >= 15 is 0 Å². The summed E-state index contributed by atoms with van der Waals surface area (Å²) in [6.45, 7) is 0. The summed E-state index contributed by atoms with van der Waals surface area (Å²) < 4.78 is 5.86. The molecule has 0 fully saturated rings. The average Bonchev–Trinajstić information content (AvgIpc) is 2.75. The van der Waals surface area contributed by atoms with Crippen molar-refractivity contribution in [2.75, 3.05) is 0 Å². The SMILES string of the molecule is Cn1nnc(CC(O)c2occc2Br)n1. The van der Waals surface area contributed by atoms with Crippen LogP contribution in [0.2, 0.25) is 0 Å². The van der Waals surface area contributed by atoms with E-state index in [1.165, 1.54) is 11.1 Å². The Kier molecular flexibility index (Phi) is 2.83. The van der Waals surface area contributed by atoms with E-state index < -0.39 is 6.10 Å². The van der Waals surface area contributed by atoms with Gasteiger partial charge in [-0.3, -0.25) is 0 Å². The van der Waals surface area contributed by atoms with Crippen molar-refractivity contribution in [3.8, 4) is 0 Å². The van der Waals surface area contributed by atoms with Gasteiger partial charge in [-0.1, -0.05) is 0 Å². The molecule has 2 rings (SSSR count). The standard InChI is InChI=1S/C8H9BrN4O2/c1-13-11-7(10-12-13)4-6(14)8-5(9)2-3-15-8/h2-3,6,14H,4H2,1H3. The minimum atomic E-state index is -0.765. The van der Waals surface area contributed by atoms with Gasteiger partial charge in [-0.25, -0.2) is 0 Å². The van der Waals surface area contributed by atoms with Gasteiger partial charge in [0, 0.05) is 6.42 Å². The second-order valence-electron chi connectivity index (χ2n) is 3.05. The Morgan fingerprint density at radius 2 is 2.47 bits per heavy atom. The van der Waals surface area contributed by atoms with E-state index in [0.29, 0.717) is 11.6 Å². The lowest BCUT2D eigenvalue weighted by Gasteiger charge is -2.04. The van der Waals surface area contributed by atoms with E-state index in [1.54, 1.807) is 13.1 Å². The van der Waals surface area contributed by atoms with Gasteiger partial charge >= 0.3 is 0 Å². The normalized spacial score (nSPS) is 13.0. The lowest BCUT2D eigenvalue weighted by molar-refractivity contribution is 0.147. The Morgan fingerprint density at radius 3 is 3.00 bits per heavy atom. The fourth-order valence-electron chi connectivity index (χ4n) is 1.21. The molecule has 2 heterocycles. The first-order valence-electron chi connectivity index (χ1n) is 4.30. The van der Waals surface area contributed by atoms with Gasteiger partial charge in [0.05, 0.1) is 17.8 Å². The van der Waals surface area contributed by atoms with Gasteiger partial charge in [-0.05, 0) is 27.2 Å². The fraction of sp³-hybridized carbons (Fsp3) is 0.375. The van der Waals surface area contributed by atoms with Crippen LogP contribution >= 0.6 is 15.9 Å². The highest BCUT2D eigenvalue weighted by Crippen LogP contribution is 2.25. The molecule has 0 aliphatic carbocycles. The Hall–Kier alpha value is -1.21. The number of aliphatic hydroxyl groups excluding tert-OH is 1.